The van der Waals surface area contributed by atoms with E-state index in [4.69, 9.17) is 0 Å². The largest absolute Gasteiger partial charge is 0.340 e. The molecule has 0 atom stereocenters. The molecule has 0 aliphatic heterocycles. The number of imidazole rings is 2. The van der Waals surface area contributed by atoms with Crippen molar-refractivity contribution in [1.29, 1.82) is 0 Å². The Balaban J connectivity index is 1.80. The molecule has 2 aromatic rings. The first kappa shape index (κ1) is 9.45. The highest BCUT2D eigenvalue weighted by Gasteiger charge is 2.56. The third-order valence-corrected chi connectivity index (χ3v) is 4.13. The second-order valence-corrected chi connectivity index (χ2v) is 5.41. The van der Waals surface area contributed by atoms with Crippen LogP contribution in [0.15, 0.2) is 18.6 Å². The first-order valence-electron chi connectivity index (χ1n) is 6.35. The number of H-pyrrole nitrogens is 1. The predicted molar refractivity (Wildman–Crippen MR) is 64.5 cm³/mol. The summed E-state index contributed by atoms with van der Waals surface area (Å²) in [6, 6.07) is 0. The zero-order valence-electron chi connectivity index (χ0n) is 9.98. The highest BCUT2D eigenvalue weighted by Crippen LogP contribution is 2.59. The molecule has 2 aromatic heterocycles. The number of aromatic amines is 1. The van der Waals surface area contributed by atoms with Crippen LogP contribution in [0.4, 0.5) is 0 Å². The van der Waals surface area contributed by atoms with Gasteiger partial charge in [-0.15, -0.1) is 0 Å². The van der Waals surface area contributed by atoms with Crippen molar-refractivity contribution in [3.63, 3.8) is 0 Å². The minimum absolute atomic E-state index is 0.381. The average Bonchev–Trinajstić information content (AvgIpc) is 3.21. The van der Waals surface area contributed by atoms with E-state index in [0.717, 1.165) is 23.3 Å². The number of aryl methyl sites for hydroxylation is 1. The van der Waals surface area contributed by atoms with E-state index in [9.17, 15) is 0 Å². The fraction of sp³-hybridized carbons (Fsp3) is 0.538. The van der Waals surface area contributed by atoms with Gasteiger partial charge in [0.15, 0.2) is 11.6 Å². The van der Waals surface area contributed by atoms with Gasteiger partial charge < -0.3 is 9.55 Å². The Hall–Kier alpha value is -1.58. The second-order valence-electron chi connectivity index (χ2n) is 5.41. The molecule has 0 bridgehead atoms. The van der Waals surface area contributed by atoms with Gasteiger partial charge in [-0.25, -0.2) is 9.97 Å². The van der Waals surface area contributed by atoms with Gasteiger partial charge in [0.05, 0.1) is 0 Å². The zero-order valence-corrected chi connectivity index (χ0v) is 9.98. The lowest BCUT2D eigenvalue weighted by Crippen LogP contribution is -2.20. The molecule has 0 aromatic carbocycles. The molecule has 0 radical (unpaired) electrons. The smallest absolute Gasteiger partial charge is 0.176 e. The Morgan fingerprint density at radius 2 is 2.18 bits per heavy atom. The molecule has 2 aliphatic rings. The Labute approximate surface area is 100 Å². The summed E-state index contributed by atoms with van der Waals surface area (Å²) in [5, 5.41) is 0. The van der Waals surface area contributed by atoms with Gasteiger partial charge in [0, 0.05) is 29.8 Å². The Bertz CT molecular complexity index is 557. The van der Waals surface area contributed by atoms with E-state index < -0.39 is 0 Å². The highest BCUT2D eigenvalue weighted by molar-refractivity contribution is 5.46. The van der Waals surface area contributed by atoms with Crippen LogP contribution in [-0.4, -0.2) is 19.5 Å². The van der Waals surface area contributed by atoms with Crippen molar-refractivity contribution in [3.05, 3.63) is 24.3 Å². The summed E-state index contributed by atoms with van der Waals surface area (Å²) in [5.74, 6) is 2.79. The molecule has 1 N–H and O–H groups in total. The molecule has 0 amide bonds. The third-order valence-electron chi connectivity index (χ3n) is 4.13. The Morgan fingerprint density at radius 1 is 1.35 bits per heavy atom. The van der Waals surface area contributed by atoms with Gasteiger partial charge in [-0.05, 0) is 38.5 Å². The maximum Gasteiger partial charge on any atom is 0.176 e. The minimum atomic E-state index is 0.381. The maximum atomic E-state index is 4.49. The average molecular weight is 228 g/mol. The quantitative estimate of drug-likeness (QED) is 0.877. The van der Waals surface area contributed by atoms with Crippen molar-refractivity contribution >= 4 is 0 Å². The molecule has 2 fully saturated rings. The monoisotopic (exact) mass is 228 g/mol. The number of hydrogen-bond acceptors (Lipinski definition) is 2. The number of hydrogen-bond donors (Lipinski definition) is 1. The molecule has 4 heteroatoms. The van der Waals surface area contributed by atoms with Gasteiger partial charge >= 0.3 is 0 Å². The fourth-order valence-electron chi connectivity index (χ4n) is 2.96. The van der Waals surface area contributed by atoms with Crippen LogP contribution < -0.4 is 0 Å². The number of rotatable bonds is 3. The summed E-state index contributed by atoms with van der Waals surface area (Å²) >= 11 is 0. The van der Waals surface area contributed by atoms with Crippen LogP contribution in [0, 0.1) is 12.8 Å². The van der Waals surface area contributed by atoms with Gasteiger partial charge in [-0.3, -0.25) is 0 Å². The minimum Gasteiger partial charge on any atom is -0.340 e. The normalized spacial score (nSPS) is 21.7. The summed E-state index contributed by atoms with van der Waals surface area (Å²) in [6.45, 7) is 2.03. The van der Waals surface area contributed by atoms with Crippen LogP contribution >= 0.6 is 0 Å². The van der Waals surface area contributed by atoms with E-state index in [-0.39, 0.29) is 0 Å². The second kappa shape index (κ2) is 3.00. The van der Waals surface area contributed by atoms with Gasteiger partial charge in [0.2, 0.25) is 0 Å². The van der Waals surface area contributed by atoms with Crippen molar-refractivity contribution in [2.24, 2.45) is 5.92 Å². The first-order valence-corrected chi connectivity index (χ1v) is 6.35. The van der Waals surface area contributed by atoms with Gasteiger partial charge in [-0.1, -0.05) is 0 Å². The topological polar surface area (TPSA) is 46.5 Å². The van der Waals surface area contributed by atoms with Crippen molar-refractivity contribution in [2.75, 3.05) is 0 Å². The summed E-state index contributed by atoms with van der Waals surface area (Å²) in [7, 11) is 0. The predicted octanol–water partition coefficient (Wildman–Crippen LogP) is 2.48. The first-order chi connectivity index (χ1) is 8.29. The lowest BCUT2D eigenvalue weighted by Gasteiger charge is -2.18. The fourth-order valence-corrected chi connectivity index (χ4v) is 2.96. The van der Waals surface area contributed by atoms with Crippen molar-refractivity contribution in [2.45, 2.75) is 38.1 Å². The van der Waals surface area contributed by atoms with Crippen molar-refractivity contribution < 1.29 is 0 Å². The van der Waals surface area contributed by atoms with Crippen LogP contribution in [0.1, 0.15) is 31.4 Å². The molecule has 17 heavy (non-hydrogen) atoms. The van der Waals surface area contributed by atoms with Gasteiger partial charge in [0.25, 0.3) is 0 Å². The number of nitrogens with zero attached hydrogens (tertiary/aromatic N) is 3. The standard InChI is InChI=1S/C13H16N4/c1-9-8-15-11(16-9)12-14-6-7-17(12)13(4-5-13)10-2-3-10/h6-8,10H,2-5H2,1H3,(H,15,16). The van der Waals surface area contributed by atoms with E-state index in [1.165, 1.54) is 25.7 Å². The number of aromatic nitrogens is 4. The lowest BCUT2D eigenvalue weighted by molar-refractivity contribution is 0.424. The zero-order chi connectivity index (χ0) is 11.5. The van der Waals surface area contributed by atoms with Crippen LogP contribution in [0.25, 0.3) is 11.6 Å². The lowest BCUT2D eigenvalue weighted by atomic mass is 10.1. The molecule has 4 rings (SSSR count). The maximum absolute atomic E-state index is 4.49. The summed E-state index contributed by atoms with van der Waals surface area (Å²) in [6.07, 6.45) is 11.3. The summed E-state index contributed by atoms with van der Waals surface area (Å²) < 4.78 is 2.36. The van der Waals surface area contributed by atoms with E-state index in [0.29, 0.717) is 5.54 Å². The molecule has 0 unspecified atom stereocenters. The van der Waals surface area contributed by atoms with E-state index in [1.807, 2.05) is 19.3 Å². The molecule has 2 saturated carbocycles. The molecule has 2 aliphatic carbocycles. The molecular weight excluding hydrogens is 212 g/mol. The van der Waals surface area contributed by atoms with E-state index >= 15 is 0 Å². The van der Waals surface area contributed by atoms with Gasteiger partial charge in [0.1, 0.15) is 0 Å². The van der Waals surface area contributed by atoms with Crippen molar-refractivity contribution in [3.8, 4) is 11.6 Å². The SMILES string of the molecule is Cc1cnc(-c2nccn2C2(C3CC3)CC2)[nH]1. The van der Waals surface area contributed by atoms with Crippen molar-refractivity contribution in [1.82, 2.24) is 19.5 Å². The Kier molecular flexibility index (Phi) is 1.67. The van der Waals surface area contributed by atoms with Crippen LogP contribution in [0.3, 0.4) is 0 Å². The Morgan fingerprint density at radius 3 is 2.76 bits per heavy atom. The number of nitrogens with one attached hydrogen (secondary N) is 1. The highest BCUT2D eigenvalue weighted by atomic mass is 15.2. The molecule has 0 saturated heterocycles. The van der Waals surface area contributed by atoms with E-state index in [1.54, 1.807) is 0 Å². The summed E-state index contributed by atoms with van der Waals surface area (Å²) in [4.78, 5) is 12.2. The molecule has 2 heterocycles. The third kappa shape index (κ3) is 1.30. The molecule has 0 spiro atoms. The van der Waals surface area contributed by atoms with Crippen LogP contribution in [0.5, 0.6) is 0 Å². The van der Waals surface area contributed by atoms with Crippen LogP contribution in [-0.2, 0) is 5.54 Å². The molecule has 4 nitrogen and oxygen atoms in total. The molecular formula is C13H16N4. The van der Waals surface area contributed by atoms with Crippen LogP contribution in [0.2, 0.25) is 0 Å². The van der Waals surface area contributed by atoms with Gasteiger partial charge in [-0.2, -0.15) is 0 Å². The van der Waals surface area contributed by atoms with E-state index in [2.05, 4.69) is 25.7 Å². The molecule has 88 valence electrons. The summed E-state index contributed by atoms with van der Waals surface area (Å²) in [5.41, 5.74) is 1.47.